The number of guanidine groups is 1. The van der Waals surface area contributed by atoms with E-state index in [1.54, 1.807) is 0 Å². The van der Waals surface area contributed by atoms with Crippen LogP contribution in [0.3, 0.4) is 0 Å². The molecule has 0 bridgehead atoms. The van der Waals surface area contributed by atoms with Crippen molar-refractivity contribution in [2.45, 2.75) is 32.2 Å². The largest absolute Gasteiger partial charge is 0.373 e. The summed E-state index contributed by atoms with van der Waals surface area (Å²) in [7, 11) is 0. The standard InChI is InChI=1S/C24H29N5O/c1-2-26-24(27-15-20-10-8-19(14-25)9-11-20)29-17-22-23(18-29)30-13-12-28(22)16-21-6-4-3-5-7-21/h3-11,22-23H,2,12-13,15-18H2,1H3,(H,26,27). The molecule has 0 aromatic heterocycles. The van der Waals surface area contributed by atoms with Crippen LogP contribution in [0.15, 0.2) is 59.6 Å². The highest BCUT2D eigenvalue weighted by molar-refractivity contribution is 5.80. The van der Waals surface area contributed by atoms with E-state index in [-0.39, 0.29) is 6.10 Å². The van der Waals surface area contributed by atoms with Crippen molar-refractivity contribution in [2.75, 3.05) is 32.8 Å². The Hall–Kier alpha value is -2.88. The minimum atomic E-state index is 0.209. The number of nitrogens with one attached hydrogen (secondary N) is 1. The summed E-state index contributed by atoms with van der Waals surface area (Å²) in [4.78, 5) is 9.74. The van der Waals surface area contributed by atoms with Crippen LogP contribution in [0.1, 0.15) is 23.6 Å². The molecule has 6 heteroatoms. The van der Waals surface area contributed by atoms with E-state index in [1.807, 2.05) is 24.3 Å². The maximum absolute atomic E-state index is 8.97. The second-order valence-corrected chi connectivity index (χ2v) is 7.82. The summed E-state index contributed by atoms with van der Waals surface area (Å²) in [6, 6.07) is 20.8. The van der Waals surface area contributed by atoms with Gasteiger partial charge in [0.15, 0.2) is 5.96 Å². The lowest BCUT2D eigenvalue weighted by Gasteiger charge is -2.36. The molecule has 2 aliphatic heterocycles. The van der Waals surface area contributed by atoms with E-state index < -0.39 is 0 Å². The van der Waals surface area contributed by atoms with Crippen molar-refractivity contribution in [3.63, 3.8) is 0 Å². The van der Waals surface area contributed by atoms with Crippen molar-refractivity contribution < 1.29 is 4.74 Å². The summed E-state index contributed by atoms with van der Waals surface area (Å²) in [6.07, 6.45) is 0.209. The topological polar surface area (TPSA) is 63.9 Å². The predicted molar refractivity (Wildman–Crippen MR) is 118 cm³/mol. The zero-order valence-electron chi connectivity index (χ0n) is 17.5. The summed E-state index contributed by atoms with van der Waals surface area (Å²) in [5.41, 5.74) is 3.12. The average molecular weight is 404 g/mol. The van der Waals surface area contributed by atoms with Crippen LogP contribution in [0, 0.1) is 11.3 Å². The highest BCUT2D eigenvalue weighted by Gasteiger charge is 2.41. The van der Waals surface area contributed by atoms with Gasteiger partial charge in [0.1, 0.15) is 0 Å². The Kier molecular flexibility index (Phi) is 6.63. The molecule has 2 fully saturated rings. The minimum absolute atomic E-state index is 0.209. The highest BCUT2D eigenvalue weighted by atomic mass is 16.5. The van der Waals surface area contributed by atoms with Gasteiger partial charge >= 0.3 is 0 Å². The van der Waals surface area contributed by atoms with Gasteiger partial charge in [0.05, 0.1) is 36.9 Å². The monoisotopic (exact) mass is 403 g/mol. The third-order valence-electron chi connectivity index (χ3n) is 5.77. The Morgan fingerprint density at radius 3 is 2.67 bits per heavy atom. The number of hydrogen-bond donors (Lipinski definition) is 1. The first-order valence-corrected chi connectivity index (χ1v) is 10.7. The third kappa shape index (κ3) is 4.81. The molecule has 0 saturated carbocycles. The molecule has 2 saturated heterocycles. The third-order valence-corrected chi connectivity index (χ3v) is 5.77. The Morgan fingerprint density at radius 2 is 1.93 bits per heavy atom. The number of rotatable bonds is 5. The SMILES string of the molecule is CCNC(=NCc1ccc(C#N)cc1)N1CC2OCCN(Cc3ccccc3)C2C1. The van der Waals surface area contributed by atoms with Crippen LogP contribution in [-0.4, -0.2) is 60.7 Å². The van der Waals surface area contributed by atoms with Gasteiger partial charge in [-0.15, -0.1) is 0 Å². The molecule has 2 aliphatic rings. The van der Waals surface area contributed by atoms with E-state index in [9.17, 15) is 0 Å². The Labute approximate surface area is 178 Å². The first-order chi connectivity index (χ1) is 14.8. The van der Waals surface area contributed by atoms with Gasteiger partial charge in [-0.05, 0) is 30.2 Å². The first-order valence-electron chi connectivity index (χ1n) is 10.7. The van der Waals surface area contributed by atoms with Crippen LogP contribution in [0.2, 0.25) is 0 Å². The van der Waals surface area contributed by atoms with Crippen LogP contribution in [-0.2, 0) is 17.8 Å². The summed E-state index contributed by atoms with van der Waals surface area (Å²) in [6.45, 7) is 7.98. The van der Waals surface area contributed by atoms with Gasteiger partial charge in [0, 0.05) is 32.7 Å². The molecule has 2 unspecified atom stereocenters. The van der Waals surface area contributed by atoms with Gasteiger partial charge in [-0.2, -0.15) is 5.26 Å². The Bertz CT molecular complexity index is 890. The number of aliphatic imine (C=N–C) groups is 1. The minimum Gasteiger partial charge on any atom is -0.373 e. The van der Waals surface area contributed by atoms with Gasteiger partial charge in [0.2, 0.25) is 0 Å². The lowest BCUT2D eigenvalue weighted by Crippen LogP contribution is -2.50. The van der Waals surface area contributed by atoms with Gasteiger partial charge in [-0.3, -0.25) is 4.90 Å². The van der Waals surface area contributed by atoms with E-state index in [0.717, 1.165) is 50.9 Å². The fourth-order valence-corrected chi connectivity index (χ4v) is 4.22. The number of fused-ring (bicyclic) bond motifs is 1. The molecule has 0 aliphatic carbocycles. The lowest BCUT2D eigenvalue weighted by molar-refractivity contribution is -0.0502. The number of nitriles is 1. The van der Waals surface area contributed by atoms with E-state index in [4.69, 9.17) is 15.0 Å². The number of morpholine rings is 1. The van der Waals surface area contributed by atoms with Crippen LogP contribution in [0.5, 0.6) is 0 Å². The Balaban J connectivity index is 1.44. The second kappa shape index (κ2) is 9.75. The number of hydrogen-bond acceptors (Lipinski definition) is 4. The summed E-state index contributed by atoms with van der Waals surface area (Å²) >= 11 is 0. The molecule has 0 radical (unpaired) electrons. The molecule has 1 N–H and O–H groups in total. The van der Waals surface area contributed by atoms with Gasteiger partial charge in [-0.1, -0.05) is 42.5 Å². The highest BCUT2D eigenvalue weighted by Crippen LogP contribution is 2.24. The fraction of sp³-hybridized carbons (Fsp3) is 0.417. The van der Waals surface area contributed by atoms with Crippen LogP contribution < -0.4 is 5.32 Å². The molecule has 6 nitrogen and oxygen atoms in total. The van der Waals surface area contributed by atoms with Crippen molar-refractivity contribution in [3.05, 3.63) is 71.3 Å². The van der Waals surface area contributed by atoms with Crippen LogP contribution in [0.4, 0.5) is 0 Å². The molecule has 2 heterocycles. The number of nitrogens with zero attached hydrogens (tertiary/aromatic N) is 4. The first kappa shape index (κ1) is 20.4. The summed E-state index contributed by atoms with van der Waals surface area (Å²) in [5, 5.41) is 12.4. The van der Waals surface area contributed by atoms with E-state index in [2.05, 4.69) is 58.4 Å². The molecule has 4 rings (SSSR count). The van der Waals surface area contributed by atoms with Crippen molar-refractivity contribution in [1.29, 1.82) is 5.26 Å². The number of likely N-dealkylation sites (tertiary alicyclic amines) is 1. The predicted octanol–water partition coefficient (Wildman–Crippen LogP) is 2.61. The quantitative estimate of drug-likeness (QED) is 0.614. The molecule has 0 spiro atoms. The van der Waals surface area contributed by atoms with Crippen molar-refractivity contribution in [3.8, 4) is 6.07 Å². The van der Waals surface area contributed by atoms with E-state index >= 15 is 0 Å². The van der Waals surface area contributed by atoms with Crippen LogP contribution >= 0.6 is 0 Å². The zero-order valence-corrected chi connectivity index (χ0v) is 17.5. The van der Waals surface area contributed by atoms with Crippen LogP contribution in [0.25, 0.3) is 0 Å². The normalized spacial score (nSPS) is 21.9. The Morgan fingerprint density at radius 1 is 1.13 bits per heavy atom. The van der Waals surface area contributed by atoms with E-state index in [1.165, 1.54) is 5.56 Å². The maximum atomic E-state index is 8.97. The molecule has 30 heavy (non-hydrogen) atoms. The molecular weight excluding hydrogens is 374 g/mol. The average Bonchev–Trinajstić information content (AvgIpc) is 3.23. The summed E-state index contributed by atoms with van der Waals surface area (Å²) in [5.74, 6) is 0.930. The molecular formula is C24H29N5O. The van der Waals surface area contributed by atoms with Gasteiger partial charge < -0.3 is 15.0 Å². The van der Waals surface area contributed by atoms with Crippen molar-refractivity contribution in [2.24, 2.45) is 4.99 Å². The molecule has 2 aromatic carbocycles. The van der Waals surface area contributed by atoms with E-state index in [0.29, 0.717) is 18.2 Å². The van der Waals surface area contributed by atoms with Crippen molar-refractivity contribution >= 4 is 5.96 Å². The second-order valence-electron chi connectivity index (χ2n) is 7.82. The molecule has 2 aromatic rings. The molecule has 2 atom stereocenters. The van der Waals surface area contributed by atoms with Gasteiger partial charge in [-0.25, -0.2) is 4.99 Å². The smallest absolute Gasteiger partial charge is 0.194 e. The van der Waals surface area contributed by atoms with Gasteiger partial charge in [0.25, 0.3) is 0 Å². The van der Waals surface area contributed by atoms with Crippen molar-refractivity contribution in [1.82, 2.24) is 15.1 Å². The molecule has 0 amide bonds. The maximum Gasteiger partial charge on any atom is 0.194 e. The lowest BCUT2D eigenvalue weighted by atomic mass is 10.1. The number of benzene rings is 2. The molecule has 156 valence electrons. The summed E-state index contributed by atoms with van der Waals surface area (Å²) < 4.78 is 6.12. The fourth-order valence-electron chi connectivity index (χ4n) is 4.22. The zero-order chi connectivity index (χ0) is 20.8. The number of ether oxygens (including phenoxy) is 1.